The van der Waals surface area contributed by atoms with E-state index < -0.39 is 24.3 Å². The maximum Gasteiger partial charge on any atom is 0.433 e. The first-order valence-electron chi connectivity index (χ1n) is 4.13. The van der Waals surface area contributed by atoms with Crippen molar-refractivity contribution < 1.29 is 22.7 Å². The lowest BCUT2D eigenvalue weighted by molar-refractivity contribution is -0.143. The molecule has 0 atom stereocenters. The molecule has 0 bridgehead atoms. The van der Waals surface area contributed by atoms with Crippen LogP contribution in [0.1, 0.15) is 11.3 Å². The highest BCUT2D eigenvalue weighted by Gasteiger charge is 2.35. The summed E-state index contributed by atoms with van der Waals surface area (Å²) in [5, 5.41) is 0. The number of rotatable bonds is 2. The lowest BCUT2D eigenvalue weighted by atomic mass is 10.1. The summed E-state index contributed by atoms with van der Waals surface area (Å²) in [5.74, 6) is -0.727. The second-order valence-corrected chi connectivity index (χ2v) is 4.16. The second kappa shape index (κ2) is 4.98. The summed E-state index contributed by atoms with van der Waals surface area (Å²) >= 11 is 1.83. The Morgan fingerprint density at radius 1 is 1.56 bits per heavy atom. The van der Waals surface area contributed by atoms with Gasteiger partial charge in [0.1, 0.15) is 5.69 Å². The largest absolute Gasteiger partial charge is 0.469 e. The number of esters is 1. The fourth-order valence-electron chi connectivity index (χ4n) is 1.10. The van der Waals surface area contributed by atoms with Crippen molar-refractivity contribution in [1.82, 2.24) is 4.98 Å². The van der Waals surface area contributed by atoms with Gasteiger partial charge >= 0.3 is 12.1 Å². The van der Waals surface area contributed by atoms with Crippen molar-refractivity contribution >= 4 is 28.6 Å². The third kappa shape index (κ3) is 3.32. The molecule has 1 rings (SSSR count). The molecule has 1 aromatic heterocycles. The first-order valence-corrected chi connectivity index (χ1v) is 5.21. The van der Waals surface area contributed by atoms with Crippen LogP contribution in [0.2, 0.25) is 0 Å². The molecular formula is C9H7F3INO2. The summed E-state index contributed by atoms with van der Waals surface area (Å²) in [6.07, 6.45) is -3.90. The number of hydrogen-bond donors (Lipinski definition) is 0. The highest BCUT2D eigenvalue weighted by molar-refractivity contribution is 14.1. The van der Waals surface area contributed by atoms with E-state index in [-0.39, 0.29) is 5.56 Å². The zero-order chi connectivity index (χ0) is 12.3. The number of pyridine rings is 1. The maximum atomic E-state index is 12.5. The lowest BCUT2D eigenvalue weighted by Gasteiger charge is -2.11. The molecule has 1 heterocycles. The molecule has 0 amide bonds. The number of halogens is 4. The minimum Gasteiger partial charge on any atom is -0.469 e. The van der Waals surface area contributed by atoms with E-state index in [9.17, 15) is 18.0 Å². The Kier molecular flexibility index (Phi) is 4.11. The quantitative estimate of drug-likeness (QED) is 0.611. The molecule has 0 N–H and O–H groups in total. The van der Waals surface area contributed by atoms with Crippen molar-refractivity contribution in [3.05, 3.63) is 27.1 Å². The number of aromatic nitrogens is 1. The zero-order valence-corrected chi connectivity index (χ0v) is 10.3. The van der Waals surface area contributed by atoms with E-state index in [0.29, 0.717) is 3.57 Å². The lowest BCUT2D eigenvalue weighted by Crippen LogP contribution is -2.15. The van der Waals surface area contributed by atoms with Crippen LogP contribution < -0.4 is 0 Å². The van der Waals surface area contributed by atoms with Gasteiger partial charge < -0.3 is 4.74 Å². The number of methoxy groups -OCH3 is 1. The first kappa shape index (κ1) is 13.2. The Bertz CT molecular complexity index is 406. The van der Waals surface area contributed by atoms with E-state index in [4.69, 9.17) is 0 Å². The predicted octanol–water partition coefficient (Wildman–Crippen LogP) is 2.42. The Hall–Kier alpha value is -0.860. The molecule has 0 aliphatic rings. The minimum absolute atomic E-state index is 0.175. The monoisotopic (exact) mass is 345 g/mol. The van der Waals surface area contributed by atoms with Crippen LogP contribution in [0.4, 0.5) is 13.2 Å². The summed E-state index contributed by atoms with van der Waals surface area (Å²) in [5.41, 5.74) is -1.22. The molecule has 0 spiro atoms. The van der Waals surface area contributed by atoms with Crippen LogP contribution in [-0.4, -0.2) is 18.1 Å². The molecule has 88 valence electrons. The van der Waals surface area contributed by atoms with Crippen molar-refractivity contribution in [2.75, 3.05) is 7.11 Å². The Morgan fingerprint density at radius 3 is 2.69 bits per heavy atom. The van der Waals surface area contributed by atoms with Crippen molar-refractivity contribution in [3.8, 4) is 0 Å². The maximum absolute atomic E-state index is 12.5. The SMILES string of the molecule is COC(=O)Cc1cc(I)cnc1C(F)(F)F. The Balaban J connectivity index is 3.13. The fourth-order valence-corrected chi connectivity index (χ4v) is 1.61. The van der Waals surface area contributed by atoms with E-state index in [1.807, 2.05) is 22.6 Å². The molecular weight excluding hydrogens is 338 g/mol. The standard InChI is InChI=1S/C9H7F3INO2/c1-16-7(15)3-5-2-6(13)4-14-8(5)9(10,11)12/h2,4H,3H2,1H3. The van der Waals surface area contributed by atoms with E-state index in [1.54, 1.807) is 0 Å². The van der Waals surface area contributed by atoms with Gasteiger partial charge in [-0.2, -0.15) is 13.2 Å². The smallest absolute Gasteiger partial charge is 0.433 e. The van der Waals surface area contributed by atoms with Gasteiger partial charge in [0.2, 0.25) is 0 Å². The number of carbonyl (C=O) groups is 1. The summed E-state index contributed by atoms with van der Waals surface area (Å²) in [7, 11) is 1.12. The van der Waals surface area contributed by atoms with Crippen molar-refractivity contribution in [2.24, 2.45) is 0 Å². The van der Waals surface area contributed by atoms with Gasteiger partial charge in [0.25, 0.3) is 0 Å². The Labute approximate surface area is 103 Å². The molecule has 0 fully saturated rings. The van der Waals surface area contributed by atoms with Crippen molar-refractivity contribution in [2.45, 2.75) is 12.6 Å². The van der Waals surface area contributed by atoms with E-state index in [1.165, 1.54) is 6.07 Å². The zero-order valence-electron chi connectivity index (χ0n) is 8.14. The topological polar surface area (TPSA) is 39.2 Å². The van der Waals surface area contributed by atoms with Gasteiger partial charge in [-0.1, -0.05) is 0 Å². The average molecular weight is 345 g/mol. The summed E-state index contributed by atoms with van der Waals surface area (Å²) in [6, 6.07) is 1.27. The molecule has 0 saturated heterocycles. The predicted molar refractivity (Wildman–Crippen MR) is 57.7 cm³/mol. The number of hydrogen-bond acceptors (Lipinski definition) is 3. The van der Waals surface area contributed by atoms with Gasteiger partial charge in [0, 0.05) is 9.77 Å². The van der Waals surface area contributed by atoms with Crippen LogP contribution in [0.25, 0.3) is 0 Å². The molecule has 0 radical (unpaired) electrons. The van der Waals surface area contributed by atoms with Crippen LogP contribution in [0.5, 0.6) is 0 Å². The van der Waals surface area contributed by atoms with Crippen LogP contribution in [0.15, 0.2) is 12.3 Å². The number of carbonyl (C=O) groups excluding carboxylic acids is 1. The van der Waals surface area contributed by atoms with Crippen molar-refractivity contribution in [1.29, 1.82) is 0 Å². The first-order chi connectivity index (χ1) is 7.34. The van der Waals surface area contributed by atoms with Gasteiger partial charge in [-0.3, -0.25) is 9.78 Å². The van der Waals surface area contributed by atoms with E-state index in [0.717, 1.165) is 13.3 Å². The van der Waals surface area contributed by atoms with Crippen LogP contribution in [-0.2, 0) is 22.1 Å². The summed E-state index contributed by atoms with van der Waals surface area (Å²) in [6.45, 7) is 0. The summed E-state index contributed by atoms with van der Waals surface area (Å²) < 4.78 is 42.4. The highest BCUT2D eigenvalue weighted by atomic mass is 127. The fraction of sp³-hybridized carbons (Fsp3) is 0.333. The molecule has 0 aliphatic carbocycles. The van der Waals surface area contributed by atoms with E-state index in [2.05, 4.69) is 9.72 Å². The van der Waals surface area contributed by atoms with Gasteiger partial charge in [-0.25, -0.2) is 0 Å². The minimum atomic E-state index is -4.56. The van der Waals surface area contributed by atoms with Gasteiger partial charge in [-0.05, 0) is 34.2 Å². The normalized spacial score (nSPS) is 11.3. The van der Waals surface area contributed by atoms with Crippen LogP contribution in [0.3, 0.4) is 0 Å². The number of alkyl halides is 3. The molecule has 0 saturated carbocycles. The molecule has 16 heavy (non-hydrogen) atoms. The van der Waals surface area contributed by atoms with Gasteiger partial charge in [-0.15, -0.1) is 0 Å². The molecule has 0 unspecified atom stereocenters. The third-order valence-corrected chi connectivity index (χ3v) is 2.35. The second-order valence-electron chi connectivity index (χ2n) is 2.91. The Morgan fingerprint density at radius 2 is 2.19 bits per heavy atom. The van der Waals surface area contributed by atoms with Crippen LogP contribution >= 0.6 is 22.6 Å². The number of nitrogens with zero attached hydrogens (tertiary/aromatic N) is 1. The van der Waals surface area contributed by atoms with Crippen molar-refractivity contribution in [3.63, 3.8) is 0 Å². The summed E-state index contributed by atoms with van der Waals surface area (Å²) in [4.78, 5) is 14.2. The highest BCUT2D eigenvalue weighted by Crippen LogP contribution is 2.31. The van der Waals surface area contributed by atoms with E-state index >= 15 is 0 Å². The molecule has 0 aliphatic heterocycles. The molecule has 3 nitrogen and oxygen atoms in total. The third-order valence-electron chi connectivity index (χ3n) is 1.76. The van der Waals surface area contributed by atoms with Gasteiger partial charge in [0.15, 0.2) is 0 Å². The van der Waals surface area contributed by atoms with Gasteiger partial charge in [0.05, 0.1) is 13.5 Å². The molecule has 7 heteroatoms. The molecule has 0 aromatic carbocycles. The van der Waals surface area contributed by atoms with Crippen LogP contribution in [0, 0.1) is 3.57 Å². The average Bonchev–Trinajstić information content (AvgIpc) is 2.15. The molecule has 1 aromatic rings. The number of ether oxygens (including phenoxy) is 1.